The number of carbonyl (C=O) groups excluding carboxylic acids is 1. The number of rotatable bonds is 7. The lowest BCUT2D eigenvalue weighted by Crippen LogP contribution is -2.25. The lowest BCUT2D eigenvalue weighted by atomic mass is 9.86. The number of hydrogen-bond donors (Lipinski definition) is 2. The molecule has 2 rings (SSSR count). The second kappa shape index (κ2) is 8.50. The summed E-state index contributed by atoms with van der Waals surface area (Å²) in [6.45, 7) is 0.622. The van der Waals surface area contributed by atoms with Crippen LogP contribution in [0, 0.1) is 16.0 Å². The highest BCUT2D eigenvalue weighted by atomic mass is 16.6. The fourth-order valence-electron chi connectivity index (χ4n) is 3.21. The van der Waals surface area contributed by atoms with Crippen molar-refractivity contribution in [2.24, 2.45) is 5.92 Å². The first kappa shape index (κ1) is 17.2. The number of nitro benzene ring substituents is 1. The van der Waals surface area contributed by atoms with Gasteiger partial charge in [-0.3, -0.25) is 14.9 Å². The van der Waals surface area contributed by atoms with E-state index in [-0.39, 0.29) is 11.6 Å². The molecule has 0 aliphatic heterocycles. The van der Waals surface area contributed by atoms with Crippen molar-refractivity contribution in [3.05, 3.63) is 33.9 Å². The van der Waals surface area contributed by atoms with Crippen LogP contribution in [0.3, 0.4) is 0 Å². The van der Waals surface area contributed by atoms with Gasteiger partial charge in [-0.15, -0.1) is 0 Å². The van der Waals surface area contributed by atoms with Crippen LogP contribution in [0.2, 0.25) is 0 Å². The predicted molar refractivity (Wildman–Crippen MR) is 90.8 cm³/mol. The molecule has 23 heavy (non-hydrogen) atoms. The molecule has 0 unspecified atom stereocenters. The fraction of sp³-hybridized carbons (Fsp3) is 0.588. The molecule has 0 spiro atoms. The Balaban J connectivity index is 1.83. The van der Waals surface area contributed by atoms with Crippen molar-refractivity contribution in [3.63, 3.8) is 0 Å². The first-order valence-electron chi connectivity index (χ1n) is 8.36. The van der Waals surface area contributed by atoms with Gasteiger partial charge in [-0.2, -0.15) is 0 Å². The molecule has 0 heterocycles. The Morgan fingerprint density at radius 2 is 2.04 bits per heavy atom. The first-order chi connectivity index (χ1) is 11.1. The van der Waals surface area contributed by atoms with Crippen molar-refractivity contribution in [1.29, 1.82) is 0 Å². The monoisotopic (exact) mass is 319 g/mol. The molecular formula is C17H25N3O3. The van der Waals surface area contributed by atoms with Gasteiger partial charge in [-0.05, 0) is 30.9 Å². The minimum Gasteiger partial charge on any atom is -0.383 e. The highest BCUT2D eigenvalue weighted by Crippen LogP contribution is 2.27. The Morgan fingerprint density at radius 1 is 1.30 bits per heavy atom. The van der Waals surface area contributed by atoms with Gasteiger partial charge >= 0.3 is 0 Å². The molecule has 0 atom stereocenters. The summed E-state index contributed by atoms with van der Waals surface area (Å²) in [4.78, 5) is 22.7. The average Bonchev–Trinajstić information content (AvgIpc) is 2.58. The number of nitro groups is 1. The van der Waals surface area contributed by atoms with E-state index in [9.17, 15) is 14.9 Å². The molecule has 0 saturated heterocycles. The number of hydrogen-bond acceptors (Lipinski definition) is 4. The summed E-state index contributed by atoms with van der Waals surface area (Å²) in [6, 6.07) is 4.49. The summed E-state index contributed by atoms with van der Waals surface area (Å²) in [5.74, 6) is 0.552. The average molecular weight is 319 g/mol. The van der Waals surface area contributed by atoms with E-state index in [4.69, 9.17) is 0 Å². The van der Waals surface area contributed by atoms with Crippen LogP contribution in [0.1, 0.15) is 55.3 Å². The van der Waals surface area contributed by atoms with Gasteiger partial charge in [0.1, 0.15) is 5.69 Å². The molecule has 1 aromatic carbocycles. The van der Waals surface area contributed by atoms with E-state index in [1.54, 1.807) is 19.2 Å². The van der Waals surface area contributed by atoms with E-state index in [2.05, 4.69) is 10.6 Å². The normalized spacial score (nSPS) is 15.2. The van der Waals surface area contributed by atoms with Crippen molar-refractivity contribution in [3.8, 4) is 0 Å². The highest BCUT2D eigenvalue weighted by molar-refractivity contribution is 5.95. The van der Waals surface area contributed by atoms with Crippen LogP contribution in [0.4, 0.5) is 11.4 Å². The zero-order chi connectivity index (χ0) is 16.7. The van der Waals surface area contributed by atoms with E-state index in [1.165, 1.54) is 38.2 Å². The number of nitrogens with one attached hydrogen (secondary N) is 2. The summed E-state index contributed by atoms with van der Waals surface area (Å²) in [6.07, 6.45) is 8.76. The third-order valence-corrected chi connectivity index (χ3v) is 4.53. The summed E-state index contributed by atoms with van der Waals surface area (Å²) in [7, 11) is 1.62. The zero-order valence-electron chi connectivity index (χ0n) is 13.6. The molecule has 0 bridgehead atoms. The molecule has 1 aliphatic carbocycles. The summed E-state index contributed by atoms with van der Waals surface area (Å²) < 4.78 is 0. The van der Waals surface area contributed by atoms with Crippen molar-refractivity contribution in [2.75, 3.05) is 18.9 Å². The smallest absolute Gasteiger partial charge is 0.293 e. The van der Waals surface area contributed by atoms with Gasteiger partial charge in [0.15, 0.2) is 0 Å². The van der Waals surface area contributed by atoms with Gasteiger partial charge < -0.3 is 10.6 Å². The molecule has 6 heteroatoms. The third-order valence-electron chi connectivity index (χ3n) is 4.53. The van der Waals surface area contributed by atoms with Crippen LogP contribution >= 0.6 is 0 Å². The van der Waals surface area contributed by atoms with E-state index in [0.717, 1.165) is 18.8 Å². The molecule has 0 radical (unpaired) electrons. The lowest BCUT2D eigenvalue weighted by Gasteiger charge is -2.21. The minimum absolute atomic E-state index is 0.0812. The topological polar surface area (TPSA) is 84.3 Å². The molecule has 6 nitrogen and oxygen atoms in total. The van der Waals surface area contributed by atoms with Crippen molar-refractivity contribution in [2.45, 2.75) is 44.9 Å². The maximum atomic E-state index is 12.1. The van der Waals surface area contributed by atoms with E-state index in [0.29, 0.717) is 17.8 Å². The Morgan fingerprint density at radius 3 is 2.70 bits per heavy atom. The first-order valence-corrected chi connectivity index (χ1v) is 8.36. The molecule has 126 valence electrons. The van der Waals surface area contributed by atoms with Crippen molar-refractivity contribution >= 4 is 17.3 Å². The van der Waals surface area contributed by atoms with E-state index >= 15 is 0 Å². The Kier molecular flexibility index (Phi) is 6.38. The Hall–Kier alpha value is -2.11. The fourth-order valence-corrected chi connectivity index (χ4v) is 3.21. The van der Waals surface area contributed by atoms with E-state index in [1.807, 2.05) is 0 Å². The maximum Gasteiger partial charge on any atom is 0.293 e. The quantitative estimate of drug-likeness (QED) is 0.455. The molecule has 1 saturated carbocycles. The van der Waals surface area contributed by atoms with Crippen LogP contribution in [-0.4, -0.2) is 24.4 Å². The second-order valence-corrected chi connectivity index (χ2v) is 6.14. The summed E-state index contributed by atoms with van der Waals surface area (Å²) >= 11 is 0. The number of carbonyl (C=O) groups is 1. The van der Waals surface area contributed by atoms with Crippen LogP contribution in [-0.2, 0) is 0 Å². The summed E-state index contributed by atoms with van der Waals surface area (Å²) in [5, 5.41) is 16.6. The summed E-state index contributed by atoms with van der Waals surface area (Å²) in [5.41, 5.74) is 0.652. The Labute approximate surface area is 136 Å². The van der Waals surface area contributed by atoms with Gasteiger partial charge in [-0.1, -0.05) is 32.1 Å². The molecule has 1 aliphatic rings. The molecular weight excluding hydrogens is 294 g/mol. The van der Waals surface area contributed by atoms with Gasteiger partial charge in [0.2, 0.25) is 0 Å². The highest BCUT2D eigenvalue weighted by Gasteiger charge is 2.17. The lowest BCUT2D eigenvalue weighted by molar-refractivity contribution is -0.384. The number of anilines is 1. The predicted octanol–water partition coefficient (Wildman–Crippen LogP) is 3.73. The van der Waals surface area contributed by atoms with Crippen molar-refractivity contribution < 1.29 is 9.72 Å². The van der Waals surface area contributed by atoms with Gasteiger partial charge in [0.05, 0.1) is 4.92 Å². The van der Waals surface area contributed by atoms with Gasteiger partial charge in [0.25, 0.3) is 11.6 Å². The maximum absolute atomic E-state index is 12.1. The van der Waals surface area contributed by atoms with Crippen LogP contribution in [0.5, 0.6) is 0 Å². The SMILES string of the molecule is CNc1ccc(C(=O)NCCCC2CCCCC2)cc1[N+](=O)[O-]. The largest absolute Gasteiger partial charge is 0.383 e. The van der Waals surface area contributed by atoms with Crippen LogP contribution in [0.15, 0.2) is 18.2 Å². The van der Waals surface area contributed by atoms with Gasteiger partial charge in [0, 0.05) is 25.2 Å². The minimum atomic E-state index is -0.480. The molecule has 1 aromatic rings. The zero-order valence-corrected chi connectivity index (χ0v) is 13.6. The third kappa shape index (κ3) is 4.94. The van der Waals surface area contributed by atoms with Gasteiger partial charge in [-0.25, -0.2) is 0 Å². The van der Waals surface area contributed by atoms with Crippen LogP contribution < -0.4 is 10.6 Å². The molecule has 1 fully saturated rings. The molecule has 2 N–H and O–H groups in total. The molecule has 1 amide bonds. The van der Waals surface area contributed by atoms with Crippen molar-refractivity contribution in [1.82, 2.24) is 5.32 Å². The number of nitrogens with zero attached hydrogens (tertiary/aromatic N) is 1. The van der Waals surface area contributed by atoms with E-state index < -0.39 is 4.92 Å². The van der Waals surface area contributed by atoms with Crippen LogP contribution in [0.25, 0.3) is 0 Å². The number of benzene rings is 1. The number of amides is 1. The molecule has 0 aromatic heterocycles. The Bertz CT molecular complexity index is 554. The standard InChI is InChI=1S/C17H25N3O3/c1-18-15-10-9-14(12-16(15)20(22)23)17(21)19-11-5-8-13-6-3-2-4-7-13/h9-10,12-13,18H,2-8,11H2,1H3,(H,19,21). The second-order valence-electron chi connectivity index (χ2n) is 6.14.